The van der Waals surface area contributed by atoms with Gasteiger partial charge in [0.15, 0.2) is 0 Å². The number of carbonyl (C=O) groups is 2. The molecule has 0 aliphatic rings. The number of hydrogen-bond donors (Lipinski definition) is 1. The Morgan fingerprint density at radius 3 is 2.17 bits per heavy atom. The van der Waals surface area contributed by atoms with Crippen LogP contribution < -0.4 is 9.62 Å². The number of aryl methyl sites for hydroxylation is 1. The second-order valence-electron chi connectivity index (χ2n) is 8.56. The first-order valence-corrected chi connectivity index (χ1v) is 14.0. The molecule has 2 aromatic carbocycles. The SMILES string of the molecule is CCC(C(=O)NC(C)C)N(Cc1ccc(Cl)c(Cl)c1)C(=O)CN(c1ccc(C)c(Cl)c1)S(C)(=O)=O. The molecule has 0 aliphatic carbocycles. The molecule has 0 radical (unpaired) electrons. The van der Waals surface area contributed by atoms with Crippen LogP contribution >= 0.6 is 34.8 Å². The Morgan fingerprint density at radius 2 is 1.66 bits per heavy atom. The maximum Gasteiger partial charge on any atom is 0.244 e. The van der Waals surface area contributed by atoms with E-state index >= 15 is 0 Å². The van der Waals surface area contributed by atoms with Crippen LogP contribution in [0, 0.1) is 6.92 Å². The van der Waals surface area contributed by atoms with Crippen molar-refractivity contribution in [3.8, 4) is 0 Å². The lowest BCUT2D eigenvalue weighted by molar-refractivity contribution is -0.140. The molecule has 7 nitrogen and oxygen atoms in total. The number of nitrogens with one attached hydrogen (secondary N) is 1. The molecular formula is C24H30Cl3N3O4S. The van der Waals surface area contributed by atoms with Gasteiger partial charge in [-0.25, -0.2) is 8.42 Å². The first-order chi connectivity index (χ1) is 16.2. The van der Waals surface area contributed by atoms with Crippen molar-refractivity contribution in [1.82, 2.24) is 10.2 Å². The minimum absolute atomic E-state index is 0.0337. The zero-order valence-electron chi connectivity index (χ0n) is 20.3. The smallest absolute Gasteiger partial charge is 0.244 e. The number of carbonyl (C=O) groups excluding carboxylic acids is 2. The first-order valence-electron chi connectivity index (χ1n) is 11.0. The molecule has 2 amide bonds. The van der Waals surface area contributed by atoms with Gasteiger partial charge in [0.2, 0.25) is 21.8 Å². The molecule has 1 atom stereocenters. The molecule has 0 heterocycles. The minimum atomic E-state index is -3.84. The molecule has 0 fully saturated rings. The van der Waals surface area contributed by atoms with Gasteiger partial charge in [0.1, 0.15) is 12.6 Å². The largest absolute Gasteiger partial charge is 0.352 e. The summed E-state index contributed by atoms with van der Waals surface area (Å²) in [5, 5.41) is 3.88. The minimum Gasteiger partial charge on any atom is -0.352 e. The van der Waals surface area contributed by atoms with Crippen molar-refractivity contribution in [2.24, 2.45) is 0 Å². The number of sulfonamides is 1. The second kappa shape index (κ2) is 12.3. The Hall–Kier alpha value is -2.00. The summed E-state index contributed by atoms with van der Waals surface area (Å²) in [6.45, 7) is 6.75. The summed E-state index contributed by atoms with van der Waals surface area (Å²) in [6.07, 6.45) is 1.33. The summed E-state index contributed by atoms with van der Waals surface area (Å²) in [4.78, 5) is 28.0. The molecule has 2 aromatic rings. The summed E-state index contributed by atoms with van der Waals surface area (Å²) >= 11 is 18.4. The summed E-state index contributed by atoms with van der Waals surface area (Å²) < 4.78 is 26.3. The van der Waals surface area contributed by atoms with Gasteiger partial charge in [-0.05, 0) is 62.6 Å². The van der Waals surface area contributed by atoms with Crippen LogP contribution in [0.5, 0.6) is 0 Å². The molecule has 1 unspecified atom stereocenters. The molecule has 1 N–H and O–H groups in total. The van der Waals surface area contributed by atoms with E-state index in [4.69, 9.17) is 34.8 Å². The Bertz CT molecular complexity index is 1190. The van der Waals surface area contributed by atoms with Crippen molar-refractivity contribution in [2.75, 3.05) is 17.1 Å². The third-order valence-corrected chi connectivity index (χ3v) is 7.56. The van der Waals surface area contributed by atoms with Gasteiger partial charge in [-0.15, -0.1) is 0 Å². The standard InChI is InChI=1S/C24H30Cl3N3O4S/c1-6-22(24(32)28-15(2)3)29(13-17-8-10-19(25)21(27)11-17)23(31)14-30(35(5,33)34)18-9-7-16(4)20(26)12-18/h7-12,15,22H,6,13-14H2,1-5H3,(H,28,32). The lowest BCUT2D eigenvalue weighted by Gasteiger charge is -2.33. The van der Waals surface area contributed by atoms with Crippen molar-refractivity contribution >= 4 is 62.3 Å². The number of nitrogens with zero attached hydrogens (tertiary/aromatic N) is 2. The lowest BCUT2D eigenvalue weighted by Crippen LogP contribution is -2.53. The number of hydrogen-bond acceptors (Lipinski definition) is 4. The van der Waals surface area contributed by atoms with Crippen LogP contribution in [0.15, 0.2) is 36.4 Å². The highest BCUT2D eigenvalue weighted by Gasteiger charge is 2.32. The van der Waals surface area contributed by atoms with E-state index in [2.05, 4.69) is 5.32 Å². The van der Waals surface area contributed by atoms with Gasteiger partial charge in [0.05, 0.1) is 22.0 Å². The van der Waals surface area contributed by atoms with Crippen LogP contribution in [-0.4, -0.2) is 50.0 Å². The monoisotopic (exact) mass is 561 g/mol. The predicted octanol–water partition coefficient (Wildman–Crippen LogP) is 5.05. The fraction of sp³-hybridized carbons (Fsp3) is 0.417. The quantitative estimate of drug-likeness (QED) is 0.439. The maximum absolute atomic E-state index is 13.6. The molecule has 35 heavy (non-hydrogen) atoms. The zero-order valence-corrected chi connectivity index (χ0v) is 23.4. The van der Waals surface area contributed by atoms with Crippen molar-refractivity contribution < 1.29 is 18.0 Å². The van der Waals surface area contributed by atoms with Gasteiger partial charge in [-0.3, -0.25) is 13.9 Å². The van der Waals surface area contributed by atoms with E-state index < -0.39 is 28.5 Å². The van der Waals surface area contributed by atoms with Crippen LogP contribution in [0.4, 0.5) is 5.69 Å². The molecule has 192 valence electrons. The van der Waals surface area contributed by atoms with Crippen molar-refractivity contribution in [3.05, 3.63) is 62.6 Å². The third-order valence-electron chi connectivity index (χ3n) is 5.28. The first kappa shape index (κ1) is 29.2. The van der Waals surface area contributed by atoms with Crippen LogP contribution in [0.25, 0.3) is 0 Å². The zero-order chi connectivity index (χ0) is 26.5. The number of halogens is 3. The number of anilines is 1. The highest BCUT2D eigenvalue weighted by Crippen LogP contribution is 2.27. The highest BCUT2D eigenvalue weighted by atomic mass is 35.5. The Kier molecular flexibility index (Phi) is 10.3. The predicted molar refractivity (Wildman–Crippen MR) is 143 cm³/mol. The van der Waals surface area contributed by atoms with Gasteiger partial charge in [0, 0.05) is 17.6 Å². The summed E-state index contributed by atoms with van der Waals surface area (Å²) in [7, 11) is -3.84. The molecule has 2 rings (SSSR count). The van der Waals surface area contributed by atoms with Gasteiger partial charge in [-0.1, -0.05) is 53.9 Å². The maximum atomic E-state index is 13.6. The molecule has 0 bridgehead atoms. The highest BCUT2D eigenvalue weighted by molar-refractivity contribution is 7.92. The van der Waals surface area contributed by atoms with E-state index in [-0.39, 0.29) is 24.2 Å². The van der Waals surface area contributed by atoms with Crippen LogP contribution in [0.2, 0.25) is 15.1 Å². The molecule has 0 aromatic heterocycles. The lowest BCUT2D eigenvalue weighted by atomic mass is 10.1. The number of rotatable bonds is 10. The average molecular weight is 563 g/mol. The van der Waals surface area contributed by atoms with E-state index in [1.807, 2.05) is 13.8 Å². The fourth-order valence-corrected chi connectivity index (χ4v) is 4.82. The molecule has 0 spiro atoms. The second-order valence-corrected chi connectivity index (χ2v) is 11.7. The van der Waals surface area contributed by atoms with Gasteiger partial charge < -0.3 is 10.2 Å². The Morgan fingerprint density at radius 1 is 1.00 bits per heavy atom. The summed E-state index contributed by atoms with van der Waals surface area (Å²) in [6, 6.07) is 8.72. The topological polar surface area (TPSA) is 86.8 Å². The van der Waals surface area contributed by atoms with Crippen molar-refractivity contribution in [2.45, 2.75) is 52.7 Å². The number of amides is 2. The van der Waals surface area contributed by atoms with Crippen LogP contribution in [0.3, 0.4) is 0 Å². The number of benzene rings is 2. The van der Waals surface area contributed by atoms with Gasteiger partial charge >= 0.3 is 0 Å². The third kappa shape index (κ3) is 8.00. The normalized spacial score (nSPS) is 12.4. The van der Waals surface area contributed by atoms with Crippen molar-refractivity contribution in [1.29, 1.82) is 0 Å². The Balaban J connectivity index is 2.48. The van der Waals surface area contributed by atoms with E-state index in [1.165, 1.54) is 11.0 Å². The average Bonchev–Trinajstić information content (AvgIpc) is 2.75. The molecule has 11 heteroatoms. The Labute approximate surface area is 222 Å². The van der Waals surface area contributed by atoms with E-state index in [9.17, 15) is 18.0 Å². The summed E-state index contributed by atoms with van der Waals surface area (Å²) in [5.74, 6) is -0.885. The van der Waals surface area contributed by atoms with Crippen LogP contribution in [-0.2, 0) is 26.2 Å². The molecule has 0 saturated heterocycles. The summed E-state index contributed by atoms with van der Waals surface area (Å²) in [5.41, 5.74) is 1.67. The van der Waals surface area contributed by atoms with E-state index in [0.717, 1.165) is 16.1 Å². The van der Waals surface area contributed by atoms with Crippen molar-refractivity contribution in [3.63, 3.8) is 0 Å². The van der Waals surface area contributed by atoms with Crippen LogP contribution in [0.1, 0.15) is 38.3 Å². The van der Waals surface area contributed by atoms with Gasteiger partial charge in [0.25, 0.3) is 0 Å². The molecule has 0 aliphatic heterocycles. The van der Waals surface area contributed by atoms with E-state index in [0.29, 0.717) is 27.1 Å². The van der Waals surface area contributed by atoms with Gasteiger partial charge in [-0.2, -0.15) is 0 Å². The molecule has 0 saturated carbocycles. The van der Waals surface area contributed by atoms with E-state index in [1.54, 1.807) is 44.2 Å². The fourth-order valence-electron chi connectivity index (χ4n) is 3.49. The molecular weight excluding hydrogens is 533 g/mol.